The number of likely N-dealkylation sites (tertiary alicyclic amines) is 1. The van der Waals surface area contributed by atoms with Gasteiger partial charge in [0.25, 0.3) is 0 Å². The highest BCUT2D eigenvalue weighted by atomic mass is 15.2. The summed E-state index contributed by atoms with van der Waals surface area (Å²) in [6.45, 7) is 18.9. The normalized spacial score (nSPS) is 21.5. The van der Waals surface area contributed by atoms with E-state index in [4.69, 9.17) is 0 Å². The number of piperidine rings is 1. The third kappa shape index (κ3) is 4.89. The largest absolute Gasteiger partial charge is 0.313 e. The van der Waals surface area contributed by atoms with Crippen LogP contribution < -0.4 is 5.32 Å². The molecule has 0 aliphatic carbocycles. The van der Waals surface area contributed by atoms with Crippen LogP contribution in [0.25, 0.3) is 0 Å². The Kier molecular flexibility index (Phi) is 6.13. The molecule has 1 rings (SSSR count). The quantitative estimate of drug-likeness (QED) is 0.809. The highest BCUT2D eigenvalue weighted by molar-refractivity contribution is 4.83. The first-order chi connectivity index (χ1) is 8.34. The van der Waals surface area contributed by atoms with Crippen LogP contribution in [0.5, 0.6) is 0 Å². The fourth-order valence-corrected chi connectivity index (χ4v) is 3.03. The lowest BCUT2D eigenvalue weighted by molar-refractivity contribution is 0.100. The average molecular weight is 254 g/mol. The molecule has 1 aliphatic rings. The molecule has 1 saturated heterocycles. The van der Waals surface area contributed by atoms with Gasteiger partial charge in [-0.25, -0.2) is 0 Å². The van der Waals surface area contributed by atoms with Crippen molar-refractivity contribution in [3.8, 4) is 0 Å². The van der Waals surface area contributed by atoms with E-state index in [-0.39, 0.29) is 0 Å². The van der Waals surface area contributed by atoms with Gasteiger partial charge in [-0.2, -0.15) is 0 Å². The lowest BCUT2D eigenvalue weighted by Crippen LogP contribution is -2.47. The minimum Gasteiger partial charge on any atom is -0.313 e. The molecule has 2 nitrogen and oxygen atoms in total. The molecular weight excluding hydrogens is 220 g/mol. The van der Waals surface area contributed by atoms with Crippen molar-refractivity contribution in [2.75, 3.05) is 26.2 Å². The Morgan fingerprint density at radius 1 is 1.17 bits per heavy atom. The highest BCUT2D eigenvalue weighted by Gasteiger charge is 2.29. The Morgan fingerprint density at radius 2 is 1.72 bits per heavy atom. The van der Waals surface area contributed by atoms with Crippen LogP contribution in [0, 0.1) is 17.3 Å². The molecule has 0 radical (unpaired) electrons. The number of hydrogen-bond acceptors (Lipinski definition) is 2. The van der Waals surface area contributed by atoms with Crippen LogP contribution in [-0.2, 0) is 0 Å². The van der Waals surface area contributed by atoms with Crippen LogP contribution >= 0.6 is 0 Å². The minimum atomic E-state index is 0.491. The summed E-state index contributed by atoms with van der Waals surface area (Å²) in [5, 5.41) is 3.63. The second-order valence-electron chi connectivity index (χ2n) is 7.35. The number of nitrogens with zero attached hydrogens (tertiary/aromatic N) is 1. The summed E-state index contributed by atoms with van der Waals surface area (Å²) in [6.07, 6.45) is 2.75. The molecule has 1 aliphatic heterocycles. The average Bonchev–Trinajstić information content (AvgIpc) is 2.28. The van der Waals surface area contributed by atoms with Crippen molar-refractivity contribution in [2.45, 2.75) is 60.4 Å². The molecule has 0 spiro atoms. The van der Waals surface area contributed by atoms with E-state index < -0.39 is 0 Å². The van der Waals surface area contributed by atoms with Gasteiger partial charge in [0.05, 0.1) is 0 Å². The van der Waals surface area contributed by atoms with Crippen LogP contribution in [-0.4, -0.2) is 37.1 Å². The summed E-state index contributed by atoms with van der Waals surface area (Å²) in [5.74, 6) is 1.63. The van der Waals surface area contributed by atoms with E-state index >= 15 is 0 Å². The molecule has 0 saturated carbocycles. The Labute approximate surface area is 115 Å². The van der Waals surface area contributed by atoms with Gasteiger partial charge in [-0.3, -0.25) is 0 Å². The van der Waals surface area contributed by atoms with Crippen molar-refractivity contribution >= 4 is 0 Å². The third-order valence-corrected chi connectivity index (χ3v) is 4.54. The fourth-order valence-electron chi connectivity index (χ4n) is 3.03. The summed E-state index contributed by atoms with van der Waals surface area (Å²) in [6, 6.07) is 0.654. The molecule has 0 aromatic rings. The SMILES string of the molecule is CCNC(CN1CCC(C(C)(C)C)CC1)C(C)C. The number of hydrogen-bond donors (Lipinski definition) is 1. The first kappa shape index (κ1) is 16.0. The maximum absolute atomic E-state index is 3.63. The molecular formula is C16H34N2. The topological polar surface area (TPSA) is 15.3 Å². The van der Waals surface area contributed by atoms with Crippen molar-refractivity contribution < 1.29 is 0 Å². The van der Waals surface area contributed by atoms with Crippen molar-refractivity contribution in [1.82, 2.24) is 10.2 Å². The second-order valence-corrected chi connectivity index (χ2v) is 7.35. The van der Waals surface area contributed by atoms with Crippen LogP contribution in [0.1, 0.15) is 54.4 Å². The first-order valence-corrected chi connectivity index (χ1v) is 7.80. The van der Waals surface area contributed by atoms with Gasteiger partial charge in [-0.05, 0) is 49.7 Å². The number of rotatable bonds is 5. The van der Waals surface area contributed by atoms with E-state index in [1.807, 2.05) is 0 Å². The van der Waals surface area contributed by atoms with Crippen molar-refractivity contribution in [1.29, 1.82) is 0 Å². The predicted octanol–water partition coefficient (Wildman–Crippen LogP) is 3.38. The zero-order chi connectivity index (χ0) is 13.8. The van der Waals surface area contributed by atoms with E-state index in [0.29, 0.717) is 11.5 Å². The van der Waals surface area contributed by atoms with Gasteiger partial charge < -0.3 is 10.2 Å². The van der Waals surface area contributed by atoms with Gasteiger partial charge in [0.2, 0.25) is 0 Å². The summed E-state index contributed by atoms with van der Waals surface area (Å²) in [7, 11) is 0. The van der Waals surface area contributed by atoms with Gasteiger partial charge >= 0.3 is 0 Å². The molecule has 0 aromatic heterocycles. The molecule has 0 bridgehead atoms. The maximum Gasteiger partial charge on any atom is 0.0217 e. The van der Waals surface area contributed by atoms with Crippen molar-refractivity contribution in [3.63, 3.8) is 0 Å². The molecule has 1 heterocycles. The first-order valence-electron chi connectivity index (χ1n) is 7.80. The molecule has 18 heavy (non-hydrogen) atoms. The standard InChI is InChI=1S/C16H34N2/c1-7-17-15(13(2)3)12-18-10-8-14(9-11-18)16(4,5)6/h13-15,17H,7-12H2,1-6H3. The Hall–Kier alpha value is -0.0800. The predicted molar refractivity (Wildman–Crippen MR) is 80.9 cm³/mol. The molecule has 1 N–H and O–H groups in total. The van der Waals surface area contributed by atoms with Gasteiger partial charge in [-0.15, -0.1) is 0 Å². The summed E-state index contributed by atoms with van der Waals surface area (Å²) >= 11 is 0. The zero-order valence-electron chi connectivity index (χ0n) is 13.4. The van der Waals surface area contributed by atoms with Gasteiger partial charge in [0, 0.05) is 12.6 Å². The number of nitrogens with one attached hydrogen (secondary N) is 1. The summed E-state index contributed by atoms with van der Waals surface area (Å²) < 4.78 is 0. The summed E-state index contributed by atoms with van der Waals surface area (Å²) in [5.41, 5.74) is 0.491. The Morgan fingerprint density at radius 3 is 2.11 bits per heavy atom. The van der Waals surface area contributed by atoms with E-state index in [0.717, 1.165) is 18.4 Å². The van der Waals surface area contributed by atoms with Gasteiger partial charge in [-0.1, -0.05) is 41.5 Å². The third-order valence-electron chi connectivity index (χ3n) is 4.54. The van der Waals surface area contributed by atoms with Gasteiger partial charge in [0.1, 0.15) is 0 Å². The molecule has 0 amide bonds. The van der Waals surface area contributed by atoms with E-state index in [1.54, 1.807) is 0 Å². The molecule has 1 atom stereocenters. The van der Waals surface area contributed by atoms with Crippen molar-refractivity contribution in [2.24, 2.45) is 17.3 Å². The Bertz CT molecular complexity index is 222. The van der Waals surface area contributed by atoms with Crippen LogP contribution in [0.3, 0.4) is 0 Å². The van der Waals surface area contributed by atoms with E-state index in [1.165, 1.54) is 32.5 Å². The lowest BCUT2D eigenvalue weighted by atomic mass is 9.75. The molecule has 2 heteroatoms. The second kappa shape index (κ2) is 6.91. The van der Waals surface area contributed by atoms with Crippen LogP contribution in [0.2, 0.25) is 0 Å². The molecule has 108 valence electrons. The lowest BCUT2D eigenvalue weighted by Gasteiger charge is -2.40. The zero-order valence-corrected chi connectivity index (χ0v) is 13.4. The van der Waals surface area contributed by atoms with E-state index in [9.17, 15) is 0 Å². The number of likely N-dealkylation sites (N-methyl/N-ethyl adjacent to an activating group) is 1. The maximum atomic E-state index is 3.63. The summed E-state index contributed by atoms with van der Waals surface area (Å²) in [4.78, 5) is 2.66. The van der Waals surface area contributed by atoms with Crippen LogP contribution in [0.15, 0.2) is 0 Å². The van der Waals surface area contributed by atoms with Crippen molar-refractivity contribution in [3.05, 3.63) is 0 Å². The highest BCUT2D eigenvalue weighted by Crippen LogP contribution is 2.34. The molecule has 0 aromatic carbocycles. The Balaban J connectivity index is 2.38. The van der Waals surface area contributed by atoms with Gasteiger partial charge in [0.15, 0.2) is 0 Å². The monoisotopic (exact) mass is 254 g/mol. The smallest absolute Gasteiger partial charge is 0.0217 e. The van der Waals surface area contributed by atoms with Crippen LogP contribution in [0.4, 0.5) is 0 Å². The molecule has 1 unspecified atom stereocenters. The van der Waals surface area contributed by atoms with E-state index in [2.05, 4.69) is 51.8 Å². The minimum absolute atomic E-state index is 0.491. The fraction of sp³-hybridized carbons (Fsp3) is 1.00. The molecule has 1 fully saturated rings.